The van der Waals surface area contributed by atoms with E-state index in [-0.39, 0.29) is 23.7 Å². The molecule has 1 heterocycles. The summed E-state index contributed by atoms with van der Waals surface area (Å²) in [6, 6.07) is 1.94. The van der Waals surface area contributed by atoms with Gasteiger partial charge in [-0.1, -0.05) is 5.16 Å². The molecule has 1 aromatic heterocycles. The second kappa shape index (κ2) is 6.29. The van der Waals surface area contributed by atoms with E-state index >= 15 is 0 Å². The van der Waals surface area contributed by atoms with Gasteiger partial charge < -0.3 is 15.2 Å². The molecule has 0 aliphatic heterocycles. The molecule has 0 saturated heterocycles. The predicted molar refractivity (Wildman–Crippen MR) is 70.7 cm³/mol. The maximum atomic E-state index is 13.7. The number of anilines is 1. The number of rotatable bonds is 5. The average Bonchev–Trinajstić information content (AvgIpc) is 2.85. The van der Waals surface area contributed by atoms with Gasteiger partial charge in [-0.2, -0.15) is 4.98 Å². The Morgan fingerprint density at radius 1 is 1.33 bits per heavy atom. The van der Waals surface area contributed by atoms with Crippen molar-refractivity contribution in [2.45, 2.75) is 20.4 Å². The van der Waals surface area contributed by atoms with Gasteiger partial charge in [0.2, 0.25) is 5.89 Å². The third-order valence-corrected chi connectivity index (χ3v) is 2.63. The van der Waals surface area contributed by atoms with E-state index in [1.165, 1.54) is 0 Å². The molecule has 0 unspecified atom stereocenters. The molecule has 0 aliphatic rings. The van der Waals surface area contributed by atoms with Gasteiger partial charge in [0.25, 0.3) is 5.91 Å². The highest BCUT2D eigenvalue weighted by Gasteiger charge is 2.15. The van der Waals surface area contributed by atoms with Crippen LogP contribution in [0.25, 0.3) is 0 Å². The number of hydrogen-bond donors (Lipinski definition) is 2. The largest absolute Gasteiger partial charge is 0.381 e. The summed E-state index contributed by atoms with van der Waals surface area (Å²) < 4.78 is 32.2. The first kappa shape index (κ1) is 14.9. The topological polar surface area (TPSA) is 80.0 Å². The first-order chi connectivity index (χ1) is 10.0. The fourth-order valence-corrected chi connectivity index (χ4v) is 1.72. The summed E-state index contributed by atoms with van der Waals surface area (Å²) in [7, 11) is 0. The van der Waals surface area contributed by atoms with Gasteiger partial charge in [0, 0.05) is 12.1 Å². The van der Waals surface area contributed by atoms with Crippen molar-refractivity contribution < 1.29 is 18.1 Å². The van der Waals surface area contributed by atoms with Gasteiger partial charge in [-0.05, 0) is 26.0 Å². The lowest BCUT2D eigenvalue weighted by molar-refractivity contribution is 0.0945. The summed E-state index contributed by atoms with van der Waals surface area (Å²) in [4.78, 5) is 15.7. The minimum absolute atomic E-state index is 0.0160. The minimum Gasteiger partial charge on any atom is -0.381 e. The summed E-state index contributed by atoms with van der Waals surface area (Å²) in [6.45, 7) is 3.71. The number of hydrogen-bond acceptors (Lipinski definition) is 5. The van der Waals surface area contributed by atoms with E-state index in [0.29, 0.717) is 12.4 Å². The molecule has 2 aromatic rings. The Kier molecular flexibility index (Phi) is 4.46. The number of halogens is 2. The summed E-state index contributed by atoms with van der Waals surface area (Å²) in [5.74, 6) is -1.63. The van der Waals surface area contributed by atoms with Crippen LogP contribution in [0.3, 0.4) is 0 Å². The zero-order valence-electron chi connectivity index (χ0n) is 11.5. The minimum atomic E-state index is -0.823. The zero-order valence-corrected chi connectivity index (χ0v) is 11.5. The molecule has 0 spiro atoms. The number of nitrogens with zero attached hydrogens (tertiary/aromatic N) is 2. The van der Waals surface area contributed by atoms with Crippen LogP contribution in [-0.2, 0) is 6.54 Å². The van der Waals surface area contributed by atoms with Crippen molar-refractivity contribution in [1.29, 1.82) is 0 Å². The smallest absolute Gasteiger partial charge is 0.251 e. The Labute approximate surface area is 119 Å². The number of carbonyl (C=O) groups is 1. The molecule has 112 valence electrons. The maximum Gasteiger partial charge on any atom is 0.251 e. The molecule has 2 rings (SSSR count). The van der Waals surface area contributed by atoms with Crippen molar-refractivity contribution >= 4 is 11.6 Å². The molecular formula is C13H14F2N4O2. The van der Waals surface area contributed by atoms with Crippen LogP contribution < -0.4 is 10.6 Å². The highest BCUT2D eigenvalue weighted by Crippen LogP contribution is 2.20. The van der Waals surface area contributed by atoms with Crippen LogP contribution in [0.1, 0.15) is 29.0 Å². The zero-order chi connectivity index (χ0) is 15.4. The number of aromatic nitrogens is 2. The predicted octanol–water partition coefficient (Wildman–Crippen LogP) is 2.02. The van der Waals surface area contributed by atoms with Crippen LogP contribution in [-0.4, -0.2) is 22.6 Å². The normalized spacial score (nSPS) is 10.5. The molecule has 21 heavy (non-hydrogen) atoms. The van der Waals surface area contributed by atoms with Gasteiger partial charge >= 0.3 is 0 Å². The third kappa shape index (κ3) is 3.53. The molecule has 0 saturated carbocycles. The van der Waals surface area contributed by atoms with Crippen LogP contribution in [0.15, 0.2) is 16.7 Å². The van der Waals surface area contributed by atoms with Crippen LogP contribution in [0.4, 0.5) is 14.5 Å². The van der Waals surface area contributed by atoms with Gasteiger partial charge in [-0.15, -0.1) is 0 Å². The van der Waals surface area contributed by atoms with Gasteiger partial charge in [0.1, 0.15) is 17.3 Å². The Bertz CT molecular complexity index is 634. The molecule has 0 fully saturated rings. The Morgan fingerprint density at radius 3 is 2.52 bits per heavy atom. The summed E-state index contributed by atoms with van der Waals surface area (Å²) >= 11 is 0. The highest BCUT2D eigenvalue weighted by molar-refractivity contribution is 5.94. The number of benzene rings is 1. The second-order valence-corrected chi connectivity index (χ2v) is 4.26. The average molecular weight is 296 g/mol. The molecule has 0 aliphatic carbocycles. The standard InChI is InChI=1S/C13H14F2N4O2/c1-3-16-12-9(14)4-8(5-10(12)15)13(20)17-6-11-18-7(2)19-21-11/h4-5,16H,3,6H2,1-2H3,(H,17,20). The summed E-state index contributed by atoms with van der Waals surface area (Å²) in [5, 5.41) is 8.56. The van der Waals surface area contributed by atoms with Crippen molar-refractivity contribution in [3.63, 3.8) is 0 Å². The van der Waals surface area contributed by atoms with Crippen LogP contribution in [0.5, 0.6) is 0 Å². The van der Waals surface area contributed by atoms with Crippen molar-refractivity contribution in [2.75, 3.05) is 11.9 Å². The Hall–Kier alpha value is -2.51. The lowest BCUT2D eigenvalue weighted by Gasteiger charge is -2.09. The van der Waals surface area contributed by atoms with Crippen LogP contribution in [0.2, 0.25) is 0 Å². The number of carbonyl (C=O) groups excluding carboxylic acids is 1. The van der Waals surface area contributed by atoms with Crippen LogP contribution in [0, 0.1) is 18.6 Å². The fourth-order valence-electron chi connectivity index (χ4n) is 1.72. The van der Waals surface area contributed by atoms with Gasteiger partial charge in [-0.3, -0.25) is 4.79 Å². The molecule has 0 radical (unpaired) electrons. The van der Waals surface area contributed by atoms with E-state index in [1.807, 2.05) is 0 Å². The van der Waals surface area contributed by atoms with Crippen LogP contribution >= 0.6 is 0 Å². The van der Waals surface area contributed by atoms with Crippen molar-refractivity contribution in [2.24, 2.45) is 0 Å². The van der Waals surface area contributed by atoms with E-state index in [1.54, 1.807) is 13.8 Å². The first-order valence-corrected chi connectivity index (χ1v) is 6.31. The quantitative estimate of drug-likeness (QED) is 0.882. The molecule has 0 atom stereocenters. The monoisotopic (exact) mass is 296 g/mol. The first-order valence-electron chi connectivity index (χ1n) is 6.31. The highest BCUT2D eigenvalue weighted by atomic mass is 19.1. The van der Waals surface area contributed by atoms with E-state index in [0.717, 1.165) is 12.1 Å². The number of aryl methyl sites for hydroxylation is 1. The lowest BCUT2D eigenvalue weighted by atomic mass is 10.1. The molecule has 2 N–H and O–H groups in total. The van der Waals surface area contributed by atoms with Crippen molar-refractivity contribution in [3.05, 3.63) is 41.0 Å². The summed E-state index contributed by atoms with van der Waals surface area (Å²) in [5.41, 5.74) is -0.371. The second-order valence-electron chi connectivity index (χ2n) is 4.26. The Morgan fingerprint density at radius 2 is 2.00 bits per heavy atom. The van der Waals surface area contributed by atoms with E-state index in [2.05, 4.69) is 20.8 Å². The molecule has 1 aromatic carbocycles. The van der Waals surface area contributed by atoms with Gasteiger partial charge in [0.15, 0.2) is 5.82 Å². The van der Waals surface area contributed by atoms with Gasteiger partial charge in [0.05, 0.1) is 6.54 Å². The Balaban J connectivity index is 2.08. The molecule has 6 nitrogen and oxygen atoms in total. The molecule has 8 heteroatoms. The van der Waals surface area contributed by atoms with Crippen molar-refractivity contribution in [1.82, 2.24) is 15.5 Å². The lowest BCUT2D eigenvalue weighted by Crippen LogP contribution is -2.23. The van der Waals surface area contributed by atoms with E-state index in [4.69, 9.17) is 4.52 Å². The SMILES string of the molecule is CCNc1c(F)cc(C(=O)NCc2nc(C)no2)cc1F. The number of nitrogens with one attached hydrogen (secondary N) is 2. The maximum absolute atomic E-state index is 13.7. The van der Waals surface area contributed by atoms with Gasteiger partial charge in [-0.25, -0.2) is 8.78 Å². The molecule has 0 bridgehead atoms. The molecule has 1 amide bonds. The third-order valence-electron chi connectivity index (χ3n) is 2.63. The number of amides is 1. The fraction of sp³-hybridized carbons (Fsp3) is 0.308. The summed E-state index contributed by atoms with van der Waals surface area (Å²) in [6.07, 6.45) is 0. The molecular weight excluding hydrogens is 282 g/mol. The van der Waals surface area contributed by atoms with E-state index < -0.39 is 17.5 Å². The van der Waals surface area contributed by atoms with Crippen molar-refractivity contribution in [3.8, 4) is 0 Å². The van der Waals surface area contributed by atoms with E-state index in [9.17, 15) is 13.6 Å².